The topological polar surface area (TPSA) is 51.8 Å². The van der Waals surface area contributed by atoms with Crippen molar-refractivity contribution in [3.8, 4) is 0 Å². The Labute approximate surface area is 95.7 Å². The predicted molar refractivity (Wildman–Crippen MR) is 66.1 cm³/mol. The molecule has 2 aromatic rings. The molecule has 0 aliphatic heterocycles. The normalized spacial score (nSPS) is 13.2. The molecule has 84 valence electrons. The fourth-order valence-corrected chi connectivity index (χ4v) is 1.71. The Morgan fingerprint density at radius 1 is 1.25 bits per heavy atom. The summed E-state index contributed by atoms with van der Waals surface area (Å²) in [5.74, 6) is 0.479. The molecule has 16 heavy (non-hydrogen) atoms. The molecule has 1 atom stereocenters. The van der Waals surface area contributed by atoms with Crippen LogP contribution in [0.3, 0.4) is 0 Å². The first-order chi connectivity index (χ1) is 7.68. The largest absolute Gasteiger partial charge is 0.327 e. The lowest BCUT2D eigenvalue weighted by Gasteiger charge is -2.16. The average molecular weight is 215 g/mol. The second-order valence-electron chi connectivity index (χ2n) is 4.50. The van der Waals surface area contributed by atoms with Crippen molar-refractivity contribution >= 4 is 10.9 Å². The second kappa shape index (κ2) is 4.58. The van der Waals surface area contributed by atoms with Crippen molar-refractivity contribution in [1.29, 1.82) is 0 Å². The minimum Gasteiger partial charge on any atom is -0.327 e. The third kappa shape index (κ3) is 2.19. The van der Waals surface area contributed by atoms with Gasteiger partial charge in [-0.05, 0) is 24.0 Å². The zero-order valence-electron chi connectivity index (χ0n) is 9.72. The quantitative estimate of drug-likeness (QED) is 0.853. The van der Waals surface area contributed by atoms with Crippen molar-refractivity contribution in [2.75, 3.05) is 0 Å². The van der Waals surface area contributed by atoms with Crippen LogP contribution in [0, 0.1) is 5.92 Å². The molecule has 0 aliphatic carbocycles. The molecule has 0 aliphatic rings. The zero-order valence-corrected chi connectivity index (χ0v) is 9.72. The number of nitrogens with zero attached hydrogens (tertiary/aromatic N) is 2. The standard InChI is InChI=1S/C13H17N3/c1-9(2)12(14)7-10-8-15-16-13-6-4-3-5-11(10)13/h3-6,8-9,12H,7,14H2,1-2H3. The van der Waals surface area contributed by atoms with E-state index < -0.39 is 0 Å². The van der Waals surface area contributed by atoms with Crippen LogP contribution in [0.2, 0.25) is 0 Å². The van der Waals surface area contributed by atoms with Gasteiger partial charge in [-0.15, -0.1) is 0 Å². The Kier molecular flexibility index (Phi) is 3.15. The number of aromatic nitrogens is 2. The molecule has 3 nitrogen and oxygen atoms in total. The van der Waals surface area contributed by atoms with Crippen molar-refractivity contribution in [1.82, 2.24) is 10.2 Å². The molecule has 0 amide bonds. The molecule has 0 radical (unpaired) electrons. The monoisotopic (exact) mass is 215 g/mol. The lowest BCUT2D eigenvalue weighted by molar-refractivity contribution is 0.491. The number of benzene rings is 1. The third-order valence-corrected chi connectivity index (χ3v) is 2.94. The summed E-state index contributed by atoms with van der Waals surface area (Å²) >= 11 is 0. The van der Waals surface area contributed by atoms with Crippen LogP contribution in [-0.2, 0) is 6.42 Å². The van der Waals surface area contributed by atoms with Crippen LogP contribution in [0.25, 0.3) is 10.9 Å². The summed E-state index contributed by atoms with van der Waals surface area (Å²) < 4.78 is 0. The van der Waals surface area contributed by atoms with Crippen LogP contribution >= 0.6 is 0 Å². The maximum atomic E-state index is 6.09. The van der Waals surface area contributed by atoms with Gasteiger partial charge in [0.1, 0.15) is 0 Å². The smallest absolute Gasteiger partial charge is 0.0932 e. The minimum atomic E-state index is 0.174. The number of rotatable bonds is 3. The zero-order chi connectivity index (χ0) is 11.5. The summed E-state index contributed by atoms with van der Waals surface area (Å²) in [5, 5.41) is 9.28. The van der Waals surface area contributed by atoms with E-state index >= 15 is 0 Å². The maximum absolute atomic E-state index is 6.09. The van der Waals surface area contributed by atoms with Crippen molar-refractivity contribution < 1.29 is 0 Å². The van der Waals surface area contributed by atoms with Crippen LogP contribution in [0.15, 0.2) is 30.5 Å². The van der Waals surface area contributed by atoms with Crippen LogP contribution < -0.4 is 5.73 Å². The molecular weight excluding hydrogens is 198 g/mol. The summed E-state index contributed by atoms with van der Waals surface area (Å²) in [4.78, 5) is 0. The number of hydrogen-bond acceptors (Lipinski definition) is 3. The van der Waals surface area contributed by atoms with Gasteiger partial charge in [0.05, 0.1) is 11.7 Å². The van der Waals surface area contributed by atoms with E-state index in [4.69, 9.17) is 5.73 Å². The van der Waals surface area contributed by atoms with Crippen molar-refractivity contribution in [3.05, 3.63) is 36.0 Å². The summed E-state index contributed by atoms with van der Waals surface area (Å²) in [5.41, 5.74) is 8.22. The average Bonchev–Trinajstić information content (AvgIpc) is 2.29. The maximum Gasteiger partial charge on any atom is 0.0932 e. The predicted octanol–water partition coefficient (Wildman–Crippen LogP) is 2.16. The van der Waals surface area contributed by atoms with Crippen LogP contribution in [0.1, 0.15) is 19.4 Å². The summed E-state index contributed by atoms with van der Waals surface area (Å²) in [6.07, 6.45) is 2.68. The highest BCUT2D eigenvalue weighted by Crippen LogP contribution is 2.17. The van der Waals surface area contributed by atoms with E-state index in [-0.39, 0.29) is 6.04 Å². The van der Waals surface area contributed by atoms with Gasteiger partial charge in [0, 0.05) is 11.4 Å². The Morgan fingerprint density at radius 3 is 2.75 bits per heavy atom. The lowest BCUT2D eigenvalue weighted by Crippen LogP contribution is -2.28. The summed E-state index contributed by atoms with van der Waals surface area (Å²) in [6.45, 7) is 4.28. The van der Waals surface area contributed by atoms with Gasteiger partial charge in [-0.1, -0.05) is 32.0 Å². The Morgan fingerprint density at radius 2 is 2.00 bits per heavy atom. The molecule has 0 spiro atoms. The first-order valence-electron chi connectivity index (χ1n) is 5.63. The highest BCUT2D eigenvalue weighted by Gasteiger charge is 2.11. The van der Waals surface area contributed by atoms with E-state index in [1.165, 1.54) is 5.56 Å². The molecule has 0 bridgehead atoms. The van der Waals surface area contributed by atoms with Gasteiger partial charge in [0.2, 0.25) is 0 Å². The van der Waals surface area contributed by atoms with E-state index in [0.717, 1.165) is 17.3 Å². The SMILES string of the molecule is CC(C)C(N)Cc1cnnc2ccccc12. The molecule has 2 N–H and O–H groups in total. The van der Waals surface area contributed by atoms with E-state index in [1.54, 1.807) is 0 Å². The minimum absolute atomic E-state index is 0.174. The molecule has 0 saturated carbocycles. The molecule has 1 aromatic heterocycles. The first-order valence-corrected chi connectivity index (χ1v) is 5.63. The summed E-state index contributed by atoms with van der Waals surface area (Å²) in [6, 6.07) is 8.23. The van der Waals surface area contributed by atoms with Gasteiger partial charge >= 0.3 is 0 Å². The molecule has 1 heterocycles. The molecule has 0 fully saturated rings. The Hall–Kier alpha value is -1.48. The fraction of sp³-hybridized carbons (Fsp3) is 0.385. The Balaban J connectivity index is 2.37. The number of nitrogens with two attached hydrogens (primary N) is 1. The van der Waals surface area contributed by atoms with E-state index in [0.29, 0.717) is 5.92 Å². The fourth-order valence-electron chi connectivity index (χ4n) is 1.71. The van der Waals surface area contributed by atoms with Crippen molar-refractivity contribution in [3.63, 3.8) is 0 Å². The summed E-state index contributed by atoms with van der Waals surface area (Å²) in [7, 11) is 0. The molecule has 0 saturated heterocycles. The van der Waals surface area contributed by atoms with Gasteiger partial charge < -0.3 is 5.73 Å². The Bertz CT molecular complexity index is 474. The molecule has 2 rings (SSSR count). The first kappa shape index (κ1) is 11.0. The van der Waals surface area contributed by atoms with Crippen LogP contribution in [0.5, 0.6) is 0 Å². The third-order valence-electron chi connectivity index (χ3n) is 2.94. The molecule has 3 heteroatoms. The van der Waals surface area contributed by atoms with Gasteiger partial charge in [-0.2, -0.15) is 10.2 Å². The van der Waals surface area contributed by atoms with Crippen molar-refractivity contribution in [2.45, 2.75) is 26.3 Å². The van der Waals surface area contributed by atoms with Crippen LogP contribution in [-0.4, -0.2) is 16.2 Å². The van der Waals surface area contributed by atoms with Gasteiger partial charge in [0.25, 0.3) is 0 Å². The molecule has 1 unspecified atom stereocenters. The second-order valence-corrected chi connectivity index (χ2v) is 4.50. The molecule has 1 aromatic carbocycles. The number of hydrogen-bond donors (Lipinski definition) is 1. The number of fused-ring (bicyclic) bond motifs is 1. The van der Waals surface area contributed by atoms with E-state index in [2.05, 4.69) is 30.1 Å². The van der Waals surface area contributed by atoms with Crippen LogP contribution in [0.4, 0.5) is 0 Å². The highest BCUT2D eigenvalue weighted by atomic mass is 15.1. The van der Waals surface area contributed by atoms with Gasteiger partial charge in [-0.3, -0.25) is 0 Å². The lowest BCUT2D eigenvalue weighted by atomic mass is 9.96. The van der Waals surface area contributed by atoms with E-state index in [9.17, 15) is 0 Å². The molecular formula is C13H17N3. The van der Waals surface area contributed by atoms with E-state index in [1.807, 2.05) is 24.4 Å². The highest BCUT2D eigenvalue weighted by molar-refractivity contribution is 5.81. The van der Waals surface area contributed by atoms with Gasteiger partial charge in [0.15, 0.2) is 0 Å². The van der Waals surface area contributed by atoms with Crippen molar-refractivity contribution in [2.24, 2.45) is 11.7 Å². The van der Waals surface area contributed by atoms with Gasteiger partial charge in [-0.25, -0.2) is 0 Å².